The van der Waals surface area contributed by atoms with Crippen LogP contribution in [0.1, 0.15) is 35.3 Å². The van der Waals surface area contributed by atoms with Crippen LogP contribution < -0.4 is 5.32 Å². The highest BCUT2D eigenvalue weighted by Gasteiger charge is 2.24. The highest BCUT2D eigenvalue weighted by Crippen LogP contribution is 2.18. The van der Waals surface area contributed by atoms with Gasteiger partial charge in [-0.3, -0.25) is 0 Å². The Morgan fingerprint density at radius 1 is 1.60 bits per heavy atom. The number of nitrogens with zero attached hydrogens (tertiary/aromatic N) is 2. The van der Waals surface area contributed by atoms with Crippen molar-refractivity contribution in [3.05, 3.63) is 16.1 Å². The molecule has 2 rings (SSSR count). The van der Waals surface area contributed by atoms with Crippen LogP contribution in [0.4, 0.5) is 4.79 Å². The molecule has 1 aliphatic rings. The topological polar surface area (TPSA) is 82.5 Å². The number of amides is 2. The second kappa shape index (κ2) is 6.69. The van der Waals surface area contributed by atoms with E-state index in [2.05, 4.69) is 17.2 Å². The fraction of sp³-hybridized carbons (Fsp3) is 0.615. The molecule has 110 valence electrons. The number of thiazole rings is 1. The van der Waals surface area contributed by atoms with Crippen LogP contribution >= 0.6 is 11.3 Å². The normalized spacial score (nSPS) is 18.2. The Bertz CT molecular complexity index is 489. The van der Waals surface area contributed by atoms with Gasteiger partial charge in [-0.1, -0.05) is 13.3 Å². The average molecular weight is 297 g/mol. The second-order valence-corrected chi connectivity index (χ2v) is 5.87. The summed E-state index contributed by atoms with van der Waals surface area (Å²) in [5, 5.41) is 13.9. The summed E-state index contributed by atoms with van der Waals surface area (Å²) in [6.07, 6.45) is 2.76. The van der Waals surface area contributed by atoms with Gasteiger partial charge in [-0.25, -0.2) is 14.6 Å². The molecule has 6 nitrogen and oxygen atoms in total. The molecule has 0 aliphatic carbocycles. The van der Waals surface area contributed by atoms with E-state index in [0.29, 0.717) is 18.9 Å². The smallest absolute Gasteiger partial charge is 0.355 e. The van der Waals surface area contributed by atoms with Gasteiger partial charge in [-0.05, 0) is 12.3 Å². The quantitative estimate of drug-likeness (QED) is 0.868. The molecule has 1 aromatic heterocycles. The van der Waals surface area contributed by atoms with E-state index in [1.165, 1.54) is 16.7 Å². The van der Waals surface area contributed by atoms with E-state index >= 15 is 0 Å². The molecule has 0 spiro atoms. The van der Waals surface area contributed by atoms with E-state index in [1.807, 2.05) is 4.90 Å². The maximum absolute atomic E-state index is 11.9. The predicted molar refractivity (Wildman–Crippen MR) is 76.1 cm³/mol. The number of carboxylic acid groups (broad SMARTS) is 1. The first kappa shape index (κ1) is 14.8. The summed E-state index contributed by atoms with van der Waals surface area (Å²) in [5.41, 5.74) is 0.0710. The average Bonchev–Trinajstić information content (AvgIpc) is 3.07. The van der Waals surface area contributed by atoms with Crippen molar-refractivity contribution in [2.45, 2.75) is 26.2 Å². The molecule has 0 bridgehead atoms. The molecule has 1 unspecified atom stereocenters. The van der Waals surface area contributed by atoms with Crippen molar-refractivity contribution >= 4 is 23.3 Å². The third-order valence-corrected chi connectivity index (χ3v) is 4.44. The SMILES string of the molecule is CCC1CCN(C(=O)NCCc2nc(C(=O)O)cs2)C1. The molecular weight excluding hydrogens is 278 g/mol. The molecule has 0 aromatic carbocycles. The highest BCUT2D eigenvalue weighted by atomic mass is 32.1. The van der Waals surface area contributed by atoms with Gasteiger partial charge in [0.2, 0.25) is 0 Å². The first-order chi connectivity index (χ1) is 9.60. The minimum absolute atomic E-state index is 0.0315. The monoisotopic (exact) mass is 297 g/mol. The number of carboxylic acids is 1. The van der Waals surface area contributed by atoms with Gasteiger partial charge in [-0.15, -0.1) is 11.3 Å². The standard InChI is InChI=1S/C13H19N3O3S/c1-2-9-4-6-16(7-9)13(19)14-5-3-11-15-10(8-20-11)12(17)18/h8-9H,2-7H2,1H3,(H,14,19)(H,17,18). The van der Waals surface area contributed by atoms with Crippen LogP contribution in [0.5, 0.6) is 0 Å². The van der Waals surface area contributed by atoms with E-state index < -0.39 is 5.97 Å². The largest absolute Gasteiger partial charge is 0.476 e. The van der Waals surface area contributed by atoms with Crippen LogP contribution in [0.2, 0.25) is 0 Å². The zero-order chi connectivity index (χ0) is 14.5. The van der Waals surface area contributed by atoms with Gasteiger partial charge in [-0.2, -0.15) is 0 Å². The number of nitrogens with one attached hydrogen (secondary N) is 1. The molecule has 7 heteroatoms. The van der Waals surface area contributed by atoms with E-state index in [1.54, 1.807) is 0 Å². The fourth-order valence-corrected chi connectivity index (χ4v) is 3.03. The summed E-state index contributed by atoms with van der Waals surface area (Å²) in [7, 11) is 0. The minimum atomic E-state index is -1.01. The van der Waals surface area contributed by atoms with Crippen molar-refractivity contribution in [1.29, 1.82) is 0 Å². The molecule has 1 fully saturated rings. The van der Waals surface area contributed by atoms with Crippen molar-refractivity contribution in [2.24, 2.45) is 5.92 Å². The number of aromatic carboxylic acids is 1. The maximum Gasteiger partial charge on any atom is 0.355 e. The van der Waals surface area contributed by atoms with Gasteiger partial charge in [0, 0.05) is 31.4 Å². The van der Waals surface area contributed by atoms with Crippen molar-refractivity contribution in [3.63, 3.8) is 0 Å². The van der Waals surface area contributed by atoms with E-state index in [4.69, 9.17) is 5.11 Å². The van der Waals surface area contributed by atoms with Crippen molar-refractivity contribution < 1.29 is 14.7 Å². The zero-order valence-corrected chi connectivity index (χ0v) is 12.3. The molecule has 1 atom stereocenters. The van der Waals surface area contributed by atoms with Crippen LogP contribution in [-0.2, 0) is 6.42 Å². The fourth-order valence-electron chi connectivity index (χ4n) is 2.26. The van der Waals surface area contributed by atoms with Crippen LogP contribution in [0, 0.1) is 5.92 Å². The molecule has 20 heavy (non-hydrogen) atoms. The summed E-state index contributed by atoms with van der Waals surface area (Å²) in [6.45, 7) is 4.29. The number of likely N-dealkylation sites (tertiary alicyclic amines) is 1. The van der Waals surface area contributed by atoms with Gasteiger partial charge in [0.1, 0.15) is 0 Å². The Hall–Kier alpha value is -1.63. The van der Waals surface area contributed by atoms with Crippen LogP contribution in [0.3, 0.4) is 0 Å². The lowest BCUT2D eigenvalue weighted by Gasteiger charge is -2.16. The van der Waals surface area contributed by atoms with Gasteiger partial charge < -0.3 is 15.3 Å². The lowest BCUT2D eigenvalue weighted by Crippen LogP contribution is -2.39. The first-order valence-corrected chi connectivity index (χ1v) is 7.68. The molecule has 2 N–H and O–H groups in total. The third kappa shape index (κ3) is 3.69. The lowest BCUT2D eigenvalue weighted by atomic mass is 10.1. The summed E-state index contributed by atoms with van der Waals surface area (Å²) in [4.78, 5) is 28.4. The zero-order valence-electron chi connectivity index (χ0n) is 11.5. The molecule has 1 aliphatic heterocycles. The number of carbonyl (C=O) groups is 2. The molecule has 1 aromatic rings. The maximum atomic E-state index is 11.9. The van der Waals surface area contributed by atoms with E-state index in [-0.39, 0.29) is 11.7 Å². The van der Waals surface area contributed by atoms with Crippen molar-refractivity contribution in [3.8, 4) is 0 Å². The Morgan fingerprint density at radius 2 is 2.40 bits per heavy atom. The van der Waals surface area contributed by atoms with Crippen LogP contribution in [-0.4, -0.2) is 46.6 Å². The number of hydrogen-bond donors (Lipinski definition) is 2. The first-order valence-electron chi connectivity index (χ1n) is 6.80. The Kier molecular flexibility index (Phi) is 4.94. The molecule has 1 saturated heterocycles. The number of urea groups is 1. The van der Waals surface area contributed by atoms with E-state index in [0.717, 1.165) is 30.9 Å². The van der Waals surface area contributed by atoms with Gasteiger partial charge in [0.15, 0.2) is 5.69 Å². The summed E-state index contributed by atoms with van der Waals surface area (Å²) in [6, 6.07) is -0.0315. The molecule has 2 amide bonds. The Balaban J connectivity index is 1.72. The Morgan fingerprint density at radius 3 is 3.00 bits per heavy atom. The van der Waals surface area contributed by atoms with Crippen LogP contribution in [0.15, 0.2) is 5.38 Å². The number of carbonyl (C=O) groups excluding carboxylic acids is 1. The number of hydrogen-bond acceptors (Lipinski definition) is 4. The van der Waals surface area contributed by atoms with Crippen molar-refractivity contribution in [2.75, 3.05) is 19.6 Å². The lowest BCUT2D eigenvalue weighted by molar-refractivity contribution is 0.0691. The molecular formula is C13H19N3O3S. The molecule has 0 radical (unpaired) electrons. The number of rotatable bonds is 5. The Labute approximate surface area is 121 Å². The van der Waals surface area contributed by atoms with Crippen molar-refractivity contribution in [1.82, 2.24) is 15.2 Å². The molecule has 0 saturated carbocycles. The number of aromatic nitrogens is 1. The summed E-state index contributed by atoms with van der Waals surface area (Å²) < 4.78 is 0. The van der Waals surface area contributed by atoms with Gasteiger partial charge >= 0.3 is 12.0 Å². The van der Waals surface area contributed by atoms with Gasteiger partial charge in [0.25, 0.3) is 0 Å². The molecule has 2 heterocycles. The summed E-state index contributed by atoms with van der Waals surface area (Å²) >= 11 is 1.31. The van der Waals surface area contributed by atoms with Gasteiger partial charge in [0.05, 0.1) is 5.01 Å². The third-order valence-electron chi connectivity index (χ3n) is 3.54. The second-order valence-electron chi connectivity index (χ2n) is 4.92. The predicted octanol–water partition coefficient (Wildman–Crippen LogP) is 1.83. The highest BCUT2D eigenvalue weighted by molar-refractivity contribution is 7.09. The van der Waals surface area contributed by atoms with Crippen LogP contribution in [0.25, 0.3) is 0 Å². The summed E-state index contributed by atoms with van der Waals surface area (Å²) in [5.74, 6) is -0.392. The minimum Gasteiger partial charge on any atom is -0.476 e. The van der Waals surface area contributed by atoms with E-state index in [9.17, 15) is 9.59 Å².